The number of aryl methyl sites for hydroxylation is 1. The molecule has 5 heteroatoms. The molecule has 0 bridgehead atoms. The van der Waals surface area contributed by atoms with Crippen LogP contribution in [-0.2, 0) is 6.42 Å². The average Bonchev–Trinajstić information content (AvgIpc) is 2.75. The van der Waals surface area contributed by atoms with Crippen molar-refractivity contribution in [1.29, 1.82) is 0 Å². The minimum Gasteiger partial charge on any atom is -0.388 e. The van der Waals surface area contributed by atoms with Crippen LogP contribution in [0.4, 0.5) is 5.13 Å². The van der Waals surface area contributed by atoms with Crippen molar-refractivity contribution in [3.8, 4) is 0 Å². The summed E-state index contributed by atoms with van der Waals surface area (Å²) in [6.07, 6.45) is 2.74. The van der Waals surface area contributed by atoms with Crippen molar-refractivity contribution in [3.05, 3.63) is 10.6 Å². The lowest BCUT2D eigenvalue weighted by Crippen LogP contribution is -2.44. The summed E-state index contributed by atoms with van der Waals surface area (Å²) >= 11 is 1.70. The molecular weight excluding hydrogens is 234 g/mol. The van der Waals surface area contributed by atoms with Gasteiger partial charge in [-0.3, -0.25) is 0 Å². The molecule has 1 aliphatic heterocycles. The highest BCUT2D eigenvalue weighted by Crippen LogP contribution is 2.37. The zero-order valence-corrected chi connectivity index (χ0v) is 11.0. The van der Waals surface area contributed by atoms with E-state index in [0.29, 0.717) is 0 Å². The summed E-state index contributed by atoms with van der Waals surface area (Å²) in [5.41, 5.74) is 1.14. The molecule has 1 N–H and O–H groups in total. The van der Waals surface area contributed by atoms with Crippen molar-refractivity contribution >= 4 is 16.5 Å². The summed E-state index contributed by atoms with van der Waals surface area (Å²) in [6.45, 7) is 4.32. The van der Waals surface area contributed by atoms with E-state index >= 15 is 0 Å². The van der Waals surface area contributed by atoms with Crippen molar-refractivity contribution in [2.75, 3.05) is 38.1 Å². The number of hydrogen-bond donors (Lipinski definition) is 1. The molecule has 1 aliphatic carbocycles. The van der Waals surface area contributed by atoms with Gasteiger partial charge in [-0.1, -0.05) is 11.3 Å². The van der Waals surface area contributed by atoms with Crippen LogP contribution in [0.25, 0.3) is 0 Å². The molecule has 2 aliphatic rings. The number of likely N-dealkylation sites (N-methyl/N-ethyl adjacent to an activating group) is 1. The molecule has 0 spiro atoms. The number of hydrogen-bond acceptors (Lipinski definition) is 5. The first-order chi connectivity index (χ1) is 8.24. The van der Waals surface area contributed by atoms with E-state index in [9.17, 15) is 5.11 Å². The normalized spacial score (nSPS) is 26.0. The van der Waals surface area contributed by atoms with Gasteiger partial charge in [-0.2, -0.15) is 0 Å². The van der Waals surface area contributed by atoms with Crippen LogP contribution < -0.4 is 4.90 Å². The number of fused-ring (bicyclic) bond motifs is 1. The smallest absolute Gasteiger partial charge is 0.185 e. The molecule has 17 heavy (non-hydrogen) atoms. The Balaban J connectivity index is 1.80. The zero-order chi connectivity index (χ0) is 11.8. The van der Waals surface area contributed by atoms with Gasteiger partial charge in [0, 0.05) is 26.2 Å². The third kappa shape index (κ3) is 2.19. The van der Waals surface area contributed by atoms with Gasteiger partial charge in [-0.05, 0) is 26.3 Å². The third-order valence-electron chi connectivity index (χ3n) is 3.68. The van der Waals surface area contributed by atoms with Gasteiger partial charge in [0.05, 0.1) is 16.7 Å². The quantitative estimate of drug-likeness (QED) is 0.818. The summed E-state index contributed by atoms with van der Waals surface area (Å²) in [4.78, 5) is 10.5. The Morgan fingerprint density at radius 1 is 1.29 bits per heavy atom. The van der Waals surface area contributed by atoms with Gasteiger partial charge in [-0.25, -0.2) is 4.98 Å². The maximum Gasteiger partial charge on any atom is 0.185 e. The van der Waals surface area contributed by atoms with Crippen LogP contribution in [0.2, 0.25) is 0 Å². The molecule has 0 aromatic carbocycles. The summed E-state index contributed by atoms with van der Waals surface area (Å²) in [5.74, 6) is 0. The number of aliphatic hydroxyl groups is 1. The lowest BCUT2D eigenvalue weighted by Gasteiger charge is -2.32. The fourth-order valence-corrected chi connectivity index (χ4v) is 3.70. The van der Waals surface area contributed by atoms with Crippen LogP contribution in [0.3, 0.4) is 0 Å². The molecule has 1 aromatic heterocycles. The van der Waals surface area contributed by atoms with E-state index in [2.05, 4.69) is 16.8 Å². The van der Waals surface area contributed by atoms with Crippen LogP contribution in [0, 0.1) is 0 Å². The first-order valence-corrected chi connectivity index (χ1v) is 7.17. The zero-order valence-electron chi connectivity index (χ0n) is 10.2. The number of aliphatic hydroxyl groups excluding tert-OH is 1. The second-order valence-electron chi connectivity index (χ2n) is 5.01. The van der Waals surface area contributed by atoms with Crippen LogP contribution in [-0.4, -0.2) is 48.2 Å². The van der Waals surface area contributed by atoms with Crippen LogP contribution in [0.15, 0.2) is 0 Å². The number of anilines is 1. The van der Waals surface area contributed by atoms with Crippen molar-refractivity contribution in [3.63, 3.8) is 0 Å². The van der Waals surface area contributed by atoms with Crippen molar-refractivity contribution < 1.29 is 5.11 Å². The third-order valence-corrected chi connectivity index (χ3v) is 4.94. The Bertz CT molecular complexity index is 398. The van der Waals surface area contributed by atoms with Crippen molar-refractivity contribution in [2.24, 2.45) is 0 Å². The van der Waals surface area contributed by atoms with Gasteiger partial charge in [0.25, 0.3) is 0 Å². The van der Waals surface area contributed by atoms with E-state index < -0.39 is 0 Å². The van der Waals surface area contributed by atoms with Crippen LogP contribution >= 0.6 is 11.3 Å². The minimum absolute atomic E-state index is 0.266. The summed E-state index contributed by atoms with van der Waals surface area (Å²) < 4.78 is 0. The first-order valence-electron chi connectivity index (χ1n) is 6.35. The maximum absolute atomic E-state index is 9.96. The molecule has 94 valence electrons. The SMILES string of the molecule is CN1CCN(c2nc3c(s2)C(O)CCC3)CC1. The Kier molecular flexibility index (Phi) is 3.06. The Labute approximate surface area is 106 Å². The molecule has 0 amide bonds. The fourth-order valence-electron chi connectivity index (χ4n) is 2.52. The summed E-state index contributed by atoms with van der Waals surface area (Å²) in [5, 5.41) is 11.1. The standard InChI is InChI=1S/C12H19N3OS/c1-14-5-7-15(8-6-14)12-13-9-3-2-4-10(16)11(9)17-12/h10,16H,2-8H2,1H3. The van der Waals surface area contributed by atoms with Crippen LogP contribution in [0.1, 0.15) is 29.5 Å². The molecule has 1 aromatic rings. The highest BCUT2D eigenvalue weighted by Gasteiger charge is 2.25. The molecule has 1 saturated heterocycles. The van der Waals surface area contributed by atoms with Crippen molar-refractivity contribution in [2.45, 2.75) is 25.4 Å². The number of aromatic nitrogens is 1. The Hall–Kier alpha value is -0.650. The van der Waals surface area contributed by atoms with Crippen LogP contribution in [0.5, 0.6) is 0 Å². The van der Waals surface area contributed by atoms with Gasteiger partial charge in [0.2, 0.25) is 0 Å². The number of piperazine rings is 1. The average molecular weight is 253 g/mol. The number of thiazole rings is 1. The maximum atomic E-state index is 9.96. The lowest BCUT2D eigenvalue weighted by molar-refractivity contribution is 0.160. The molecule has 3 rings (SSSR count). The minimum atomic E-state index is -0.266. The van der Waals surface area contributed by atoms with E-state index in [0.717, 1.165) is 61.1 Å². The molecule has 0 saturated carbocycles. The van der Waals surface area contributed by atoms with E-state index in [1.807, 2.05) is 0 Å². The molecule has 1 fully saturated rings. The first kappa shape index (κ1) is 11.4. The molecule has 1 atom stereocenters. The number of nitrogens with zero attached hydrogens (tertiary/aromatic N) is 3. The molecular formula is C12H19N3OS. The molecule has 0 radical (unpaired) electrons. The highest BCUT2D eigenvalue weighted by molar-refractivity contribution is 7.15. The second-order valence-corrected chi connectivity index (χ2v) is 6.01. The monoisotopic (exact) mass is 253 g/mol. The fraction of sp³-hybridized carbons (Fsp3) is 0.750. The van der Waals surface area contributed by atoms with E-state index in [4.69, 9.17) is 4.98 Å². The highest BCUT2D eigenvalue weighted by atomic mass is 32.1. The van der Waals surface area contributed by atoms with Gasteiger partial charge in [0.15, 0.2) is 5.13 Å². The van der Waals surface area contributed by atoms with E-state index in [1.54, 1.807) is 11.3 Å². The Morgan fingerprint density at radius 2 is 2.06 bits per heavy atom. The van der Waals surface area contributed by atoms with Gasteiger partial charge in [-0.15, -0.1) is 0 Å². The predicted octanol–water partition coefficient (Wildman–Crippen LogP) is 1.26. The molecule has 1 unspecified atom stereocenters. The van der Waals surface area contributed by atoms with Crippen molar-refractivity contribution in [1.82, 2.24) is 9.88 Å². The number of rotatable bonds is 1. The largest absolute Gasteiger partial charge is 0.388 e. The molecule has 4 nitrogen and oxygen atoms in total. The topological polar surface area (TPSA) is 39.6 Å². The van der Waals surface area contributed by atoms with E-state index in [1.165, 1.54) is 0 Å². The summed E-state index contributed by atoms with van der Waals surface area (Å²) in [7, 11) is 2.16. The molecule has 2 heterocycles. The van der Waals surface area contributed by atoms with Gasteiger partial charge in [0.1, 0.15) is 0 Å². The predicted molar refractivity (Wildman–Crippen MR) is 69.7 cm³/mol. The lowest BCUT2D eigenvalue weighted by atomic mass is 10.0. The van der Waals surface area contributed by atoms with Gasteiger partial charge >= 0.3 is 0 Å². The van der Waals surface area contributed by atoms with Gasteiger partial charge < -0.3 is 14.9 Å². The summed E-state index contributed by atoms with van der Waals surface area (Å²) in [6, 6.07) is 0. The van der Waals surface area contributed by atoms with E-state index in [-0.39, 0.29) is 6.10 Å². The Morgan fingerprint density at radius 3 is 2.76 bits per heavy atom. The second kappa shape index (κ2) is 4.55.